The number of hydrogen-bond acceptors (Lipinski definition) is 8. The monoisotopic (exact) mass is 716 g/mol. The van der Waals surface area contributed by atoms with E-state index in [9.17, 15) is 5.26 Å². The first-order valence-electron chi connectivity index (χ1n) is 18.1. The minimum absolute atomic E-state index is 0.254. The molecular weight excluding hydrogens is 672 g/mol. The number of hydrogen-bond donors (Lipinski definition) is 1. The maximum Gasteiger partial charge on any atom is 0.142 e. The number of nitrogens with one attached hydrogen (secondary N) is 1. The number of fused-ring (bicyclic) bond motifs is 1. The Balaban J connectivity index is 1.07. The van der Waals surface area contributed by atoms with E-state index in [4.69, 9.17) is 25.8 Å². The summed E-state index contributed by atoms with van der Waals surface area (Å²) in [4.78, 5) is 9.09. The molecule has 52 heavy (non-hydrogen) atoms. The summed E-state index contributed by atoms with van der Waals surface area (Å²) in [7, 11) is 0. The highest BCUT2D eigenvalue weighted by atomic mass is 35.5. The Kier molecular flexibility index (Phi) is 11.4. The molecule has 9 nitrogen and oxygen atoms in total. The molecule has 2 aliphatic heterocycles. The molecule has 1 saturated heterocycles. The van der Waals surface area contributed by atoms with E-state index < -0.39 is 0 Å². The third-order valence-corrected chi connectivity index (χ3v) is 10.5. The van der Waals surface area contributed by atoms with Gasteiger partial charge in [-0.1, -0.05) is 41.9 Å². The van der Waals surface area contributed by atoms with Crippen molar-refractivity contribution in [2.24, 2.45) is 0 Å². The fourth-order valence-corrected chi connectivity index (χ4v) is 7.46. The van der Waals surface area contributed by atoms with Gasteiger partial charge in [0.25, 0.3) is 0 Å². The van der Waals surface area contributed by atoms with E-state index >= 15 is 0 Å². The van der Waals surface area contributed by atoms with E-state index in [0.717, 1.165) is 77.2 Å². The first-order valence-corrected chi connectivity index (χ1v) is 18.5. The van der Waals surface area contributed by atoms with E-state index in [0.29, 0.717) is 41.8 Å². The lowest BCUT2D eigenvalue weighted by atomic mass is 9.93. The van der Waals surface area contributed by atoms with Crippen molar-refractivity contribution in [1.82, 2.24) is 25.0 Å². The molecule has 7 rings (SSSR count). The van der Waals surface area contributed by atoms with Crippen LogP contribution < -0.4 is 14.2 Å². The zero-order chi connectivity index (χ0) is 35.9. The molecule has 0 radical (unpaired) electrons. The predicted molar refractivity (Wildman–Crippen MR) is 203 cm³/mol. The number of nitrogens with zero attached hydrogens (tertiary/aromatic N) is 5. The van der Waals surface area contributed by atoms with Crippen LogP contribution in [0.25, 0.3) is 11.1 Å². The van der Waals surface area contributed by atoms with Gasteiger partial charge in [-0.2, -0.15) is 10.4 Å². The molecule has 0 bridgehead atoms. The number of aromatic nitrogens is 3. The predicted octanol–water partition coefficient (Wildman–Crippen LogP) is 8.19. The number of aromatic amines is 1. The average molecular weight is 717 g/mol. The third kappa shape index (κ3) is 8.42. The number of benzene rings is 3. The van der Waals surface area contributed by atoms with E-state index in [-0.39, 0.29) is 6.61 Å². The first kappa shape index (κ1) is 35.5. The Hall–Kier alpha value is -4.88. The van der Waals surface area contributed by atoms with Gasteiger partial charge in [0.1, 0.15) is 36.5 Å². The van der Waals surface area contributed by atoms with Crippen molar-refractivity contribution in [3.05, 3.63) is 123 Å². The van der Waals surface area contributed by atoms with Gasteiger partial charge in [0, 0.05) is 73.4 Å². The summed E-state index contributed by atoms with van der Waals surface area (Å²) < 4.78 is 19.1. The lowest BCUT2D eigenvalue weighted by Crippen LogP contribution is -2.29. The number of nitriles is 1. The van der Waals surface area contributed by atoms with Gasteiger partial charge in [0.05, 0.1) is 23.4 Å². The molecular formula is C42H45ClN6O3. The lowest BCUT2D eigenvalue weighted by molar-refractivity contribution is 0.234. The maximum absolute atomic E-state index is 9.36. The second-order valence-corrected chi connectivity index (χ2v) is 14.2. The molecule has 0 atom stereocenters. The van der Waals surface area contributed by atoms with Crippen LogP contribution in [-0.4, -0.2) is 57.8 Å². The van der Waals surface area contributed by atoms with E-state index in [2.05, 4.69) is 81.3 Å². The zero-order valence-corrected chi connectivity index (χ0v) is 30.7. The molecule has 10 heteroatoms. The molecule has 5 aromatic rings. The number of likely N-dealkylation sites (tertiary alicyclic amines) is 1. The van der Waals surface area contributed by atoms with Gasteiger partial charge in [0.15, 0.2) is 0 Å². The van der Waals surface area contributed by atoms with Crippen LogP contribution in [0.5, 0.6) is 17.2 Å². The molecule has 4 heterocycles. The molecule has 3 aromatic carbocycles. The van der Waals surface area contributed by atoms with Gasteiger partial charge < -0.3 is 19.1 Å². The maximum atomic E-state index is 9.36. The molecule has 1 fully saturated rings. The molecule has 1 N–H and O–H groups in total. The third-order valence-electron chi connectivity index (χ3n) is 10.2. The Labute approximate surface area is 311 Å². The summed E-state index contributed by atoms with van der Waals surface area (Å²) in [5.41, 5.74) is 10.3. The second-order valence-electron chi connectivity index (χ2n) is 13.8. The molecule has 2 aliphatic rings. The van der Waals surface area contributed by atoms with E-state index in [1.165, 1.54) is 37.2 Å². The number of rotatable bonds is 14. The van der Waals surface area contributed by atoms with Crippen molar-refractivity contribution in [1.29, 1.82) is 5.26 Å². The lowest BCUT2D eigenvalue weighted by Gasteiger charge is -2.27. The molecule has 268 valence electrons. The SMILES string of the molecule is Cc1c(COc2cc(OCc3cncc(C#N)c3)c(CN3CCc4[nH]ncc4C3)cc2Cl)cccc1-c1cccc(OCCCN2CCCC2)c1C. The van der Waals surface area contributed by atoms with Crippen molar-refractivity contribution >= 4 is 11.6 Å². The molecule has 0 spiro atoms. The highest BCUT2D eigenvalue weighted by Gasteiger charge is 2.21. The highest BCUT2D eigenvalue weighted by molar-refractivity contribution is 6.32. The number of H-pyrrole nitrogens is 1. The van der Waals surface area contributed by atoms with Crippen LogP contribution in [0.4, 0.5) is 0 Å². The van der Waals surface area contributed by atoms with Crippen LogP contribution in [0.1, 0.15) is 63.9 Å². The van der Waals surface area contributed by atoms with Crippen LogP contribution in [-0.2, 0) is 32.7 Å². The number of halogens is 1. The topological polar surface area (TPSA) is 99.5 Å². The van der Waals surface area contributed by atoms with Crippen molar-refractivity contribution in [2.75, 3.05) is 32.8 Å². The normalized spacial score (nSPS) is 14.6. The van der Waals surface area contributed by atoms with Gasteiger partial charge in [0.2, 0.25) is 0 Å². The summed E-state index contributed by atoms with van der Waals surface area (Å²) >= 11 is 6.92. The van der Waals surface area contributed by atoms with E-state index in [1.54, 1.807) is 18.5 Å². The second kappa shape index (κ2) is 16.6. The Morgan fingerprint density at radius 3 is 2.48 bits per heavy atom. The highest BCUT2D eigenvalue weighted by Crippen LogP contribution is 2.37. The van der Waals surface area contributed by atoms with Crippen LogP contribution in [0, 0.1) is 25.2 Å². The standard InChI is InChI=1S/C42H45ClN6O3/c1-29-33(8-5-9-36(29)37-10-6-11-40(30(37)2)50-17-7-15-48-13-3-4-14-48)28-52-42-20-41(51-27-32-18-31(21-44)22-45-23-32)34(19-38(42)43)25-49-16-12-39-35(26-49)24-46-47-39/h5-6,8-11,18-20,22-24H,3-4,7,12-17,25-28H2,1-2H3,(H,46,47). The summed E-state index contributed by atoms with van der Waals surface area (Å²) in [5, 5.41) is 17.2. The molecule has 0 unspecified atom stereocenters. The Bertz CT molecular complexity index is 2050. The average Bonchev–Trinajstić information content (AvgIpc) is 3.86. The minimum Gasteiger partial charge on any atom is -0.493 e. The quantitative estimate of drug-likeness (QED) is 0.115. The first-order chi connectivity index (χ1) is 25.4. The van der Waals surface area contributed by atoms with Crippen molar-refractivity contribution in [2.45, 2.75) is 65.8 Å². The smallest absolute Gasteiger partial charge is 0.142 e. The van der Waals surface area contributed by atoms with Gasteiger partial charge >= 0.3 is 0 Å². The Morgan fingerprint density at radius 2 is 1.63 bits per heavy atom. The summed E-state index contributed by atoms with van der Waals surface area (Å²) in [6.07, 6.45) is 9.72. The zero-order valence-electron chi connectivity index (χ0n) is 30.0. The fourth-order valence-electron chi connectivity index (χ4n) is 7.22. The number of pyridine rings is 1. The van der Waals surface area contributed by atoms with Crippen LogP contribution >= 0.6 is 11.6 Å². The van der Waals surface area contributed by atoms with Gasteiger partial charge in [-0.05, 0) is 92.2 Å². The largest absolute Gasteiger partial charge is 0.493 e. The van der Waals surface area contributed by atoms with Gasteiger partial charge in [-0.3, -0.25) is 15.0 Å². The summed E-state index contributed by atoms with van der Waals surface area (Å²) in [6.45, 7) is 11.4. The van der Waals surface area contributed by atoms with E-state index in [1.807, 2.05) is 18.3 Å². The summed E-state index contributed by atoms with van der Waals surface area (Å²) in [5.74, 6) is 2.16. The fraction of sp³-hybridized carbons (Fsp3) is 0.357. The Morgan fingerprint density at radius 1 is 0.827 bits per heavy atom. The molecule has 0 aliphatic carbocycles. The minimum atomic E-state index is 0.254. The molecule has 0 amide bonds. The molecule has 0 saturated carbocycles. The van der Waals surface area contributed by atoms with Gasteiger partial charge in [-0.25, -0.2) is 0 Å². The van der Waals surface area contributed by atoms with Crippen molar-refractivity contribution < 1.29 is 14.2 Å². The number of ether oxygens (including phenoxy) is 3. The van der Waals surface area contributed by atoms with Crippen molar-refractivity contribution in [3.8, 4) is 34.4 Å². The van der Waals surface area contributed by atoms with Crippen molar-refractivity contribution in [3.63, 3.8) is 0 Å². The molecule has 2 aromatic heterocycles. The van der Waals surface area contributed by atoms with Crippen LogP contribution in [0.3, 0.4) is 0 Å². The van der Waals surface area contributed by atoms with Gasteiger partial charge in [-0.15, -0.1) is 0 Å². The van der Waals surface area contributed by atoms with Crippen LogP contribution in [0.2, 0.25) is 5.02 Å². The van der Waals surface area contributed by atoms with Crippen LogP contribution in [0.15, 0.2) is 73.2 Å². The summed E-state index contributed by atoms with van der Waals surface area (Å²) in [6, 6.07) is 20.4.